The molecule has 3 rings (SSSR count). The first-order valence-corrected chi connectivity index (χ1v) is 8.15. The largest absolute Gasteiger partial charge is 0.493 e. The number of hydrogen-bond donors (Lipinski definition) is 0. The van der Waals surface area contributed by atoms with E-state index < -0.39 is 0 Å². The minimum Gasteiger partial charge on any atom is -0.493 e. The third kappa shape index (κ3) is 3.74. The van der Waals surface area contributed by atoms with Gasteiger partial charge in [0.15, 0.2) is 5.76 Å². The van der Waals surface area contributed by atoms with Crippen LogP contribution in [0.4, 0.5) is 0 Å². The summed E-state index contributed by atoms with van der Waals surface area (Å²) < 4.78 is 17.0. The highest BCUT2D eigenvalue weighted by molar-refractivity contribution is 6.14. The van der Waals surface area contributed by atoms with Gasteiger partial charge in [-0.25, -0.2) is 0 Å². The molecular weight excluding hydrogens is 316 g/mol. The molecule has 1 aliphatic heterocycles. The van der Waals surface area contributed by atoms with Crippen molar-refractivity contribution in [3.8, 4) is 17.2 Å². The molecule has 1 heterocycles. The monoisotopic (exact) mass is 336 g/mol. The van der Waals surface area contributed by atoms with Crippen molar-refractivity contribution in [2.24, 2.45) is 0 Å². The van der Waals surface area contributed by atoms with E-state index in [1.807, 2.05) is 38.1 Å². The molecule has 2 aromatic rings. The summed E-state index contributed by atoms with van der Waals surface area (Å²) in [7, 11) is 0. The quantitative estimate of drug-likeness (QED) is 0.569. The Labute approximate surface area is 147 Å². The number of carbonyl (C=O) groups is 1. The Kier molecular flexibility index (Phi) is 4.89. The average Bonchev–Trinajstić information content (AvgIpc) is 2.90. The SMILES string of the molecule is C=C(C)COc1ccc2c(c1)OC(=Cc1ccccc1OCC)C2=O. The van der Waals surface area contributed by atoms with Gasteiger partial charge in [0.2, 0.25) is 5.78 Å². The lowest BCUT2D eigenvalue weighted by molar-refractivity contribution is 0.101. The van der Waals surface area contributed by atoms with Crippen LogP contribution in [0.1, 0.15) is 29.8 Å². The number of hydrogen-bond acceptors (Lipinski definition) is 4. The van der Waals surface area contributed by atoms with E-state index in [-0.39, 0.29) is 11.5 Å². The van der Waals surface area contributed by atoms with Crippen molar-refractivity contribution in [3.05, 3.63) is 71.5 Å². The Balaban J connectivity index is 1.86. The summed E-state index contributed by atoms with van der Waals surface area (Å²) in [5.41, 5.74) is 2.26. The average molecular weight is 336 g/mol. The normalized spacial score (nSPS) is 14.2. The van der Waals surface area contributed by atoms with Crippen LogP contribution in [0.3, 0.4) is 0 Å². The Bertz CT molecular complexity index is 849. The number of ketones is 1. The number of rotatable bonds is 6. The first-order valence-electron chi connectivity index (χ1n) is 8.15. The lowest BCUT2D eigenvalue weighted by Crippen LogP contribution is -1.99. The van der Waals surface area contributed by atoms with Gasteiger partial charge in [-0.3, -0.25) is 4.79 Å². The highest BCUT2D eigenvalue weighted by Gasteiger charge is 2.28. The predicted molar refractivity (Wildman–Crippen MR) is 97.3 cm³/mol. The second-order valence-corrected chi connectivity index (χ2v) is 5.81. The summed E-state index contributed by atoms with van der Waals surface area (Å²) in [5.74, 6) is 2.00. The van der Waals surface area contributed by atoms with Crippen LogP contribution in [-0.4, -0.2) is 19.0 Å². The van der Waals surface area contributed by atoms with Gasteiger partial charge in [-0.15, -0.1) is 0 Å². The predicted octanol–water partition coefficient (Wildman–Crippen LogP) is 4.66. The number of Topliss-reactive ketones (excluding diaryl/α,β-unsaturated/α-hetero) is 1. The number of carbonyl (C=O) groups excluding carboxylic acids is 1. The van der Waals surface area contributed by atoms with Gasteiger partial charge in [0.1, 0.15) is 23.9 Å². The minimum absolute atomic E-state index is 0.146. The maximum atomic E-state index is 12.6. The molecule has 0 fully saturated rings. The molecule has 2 aromatic carbocycles. The molecule has 4 heteroatoms. The molecule has 0 spiro atoms. The van der Waals surface area contributed by atoms with Gasteiger partial charge in [-0.1, -0.05) is 24.8 Å². The number of allylic oxidation sites excluding steroid dienone is 1. The highest BCUT2D eigenvalue weighted by Crippen LogP contribution is 2.35. The summed E-state index contributed by atoms with van der Waals surface area (Å²) in [6.07, 6.45) is 1.71. The highest BCUT2D eigenvalue weighted by atomic mass is 16.5. The molecule has 0 amide bonds. The van der Waals surface area contributed by atoms with E-state index in [2.05, 4.69) is 6.58 Å². The van der Waals surface area contributed by atoms with Crippen LogP contribution in [0.2, 0.25) is 0 Å². The maximum absolute atomic E-state index is 12.6. The molecule has 0 N–H and O–H groups in total. The Morgan fingerprint density at radius 1 is 1.20 bits per heavy atom. The van der Waals surface area contributed by atoms with Gasteiger partial charge >= 0.3 is 0 Å². The van der Waals surface area contributed by atoms with E-state index in [9.17, 15) is 4.79 Å². The van der Waals surface area contributed by atoms with Crippen molar-refractivity contribution in [1.82, 2.24) is 0 Å². The van der Waals surface area contributed by atoms with Crippen molar-refractivity contribution in [3.63, 3.8) is 0 Å². The lowest BCUT2D eigenvalue weighted by Gasteiger charge is -2.07. The van der Waals surface area contributed by atoms with Gasteiger partial charge in [0, 0.05) is 11.6 Å². The molecule has 0 aliphatic carbocycles. The van der Waals surface area contributed by atoms with Gasteiger partial charge in [-0.2, -0.15) is 0 Å². The molecule has 0 saturated heterocycles. The zero-order valence-corrected chi connectivity index (χ0v) is 14.4. The van der Waals surface area contributed by atoms with E-state index in [1.165, 1.54) is 0 Å². The zero-order valence-electron chi connectivity index (χ0n) is 14.4. The molecule has 4 nitrogen and oxygen atoms in total. The molecule has 25 heavy (non-hydrogen) atoms. The van der Waals surface area contributed by atoms with Crippen LogP contribution < -0.4 is 14.2 Å². The van der Waals surface area contributed by atoms with Gasteiger partial charge in [0.05, 0.1) is 12.2 Å². The Morgan fingerprint density at radius 2 is 2.00 bits per heavy atom. The summed E-state index contributed by atoms with van der Waals surface area (Å²) >= 11 is 0. The number of ether oxygens (including phenoxy) is 3. The molecule has 0 radical (unpaired) electrons. The summed E-state index contributed by atoms with van der Waals surface area (Å²) in [4.78, 5) is 12.6. The van der Waals surface area contributed by atoms with Crippen molar-refractivity contribution >= 4 is 11.9 Å². The number of fused-ring (bicyclic) bond motifs is 1. The van der Waals surface area contributed by atoms with Gasteiger partial charge in [-0.05, 0) is 43.7 Å². The molecule has 0 bridgehead atoms. The molecule has 1 aliphatic rings. The molecule has 0 atom stereocenters. The Morgan fingerprint density at radius 3 is 2.76 bits per heavy atom. The smallest absolute Gasteiger partial charge is 0.231 e. The second-order valence-electron chi connectivity index (χ2n) is 5.81. The van der Waals surface area contributed by atoms with Gasteiger partial charge in [0.25, 0.3) is 0 Å². The van der Waals surface area contributed by atoms with Gasteiger partial charge < -0.3 is 14.2 Å². The van der Waals surface area contributed by atoms with Crippen LogP contribution in [0.25, 0.3) is 6.08 Å². The first-order chi connectivity index (χ1) is 12.1. The lowest BCUT2D eigenvalue weighted by atomic mass is 10.1. The van der Waals surface area contributed by atoms with Crippen LogP contribution in [-0.2, 0) is 0 Å². The topological polar surface area (TPSA) is 44.8 Å². The van der Waals surface area contributed by atoms with Crippen LogP contribution in [0, 0.1) is 0 Å². The Hall–Kier alpha value is -3.01. The second kappa shape index (κ2) is 7.26. The third-order valence-corrected chi connectivity index (χ3v) is 3.63. The fraction of sp³-hybridized carbons (Fsp3) is 0.190. The van der Waals surface area contributed by atoms with Crippen LogP contribution in [0.5, 0.6) is 17.2 Å². The molecule has 128 valence electrons. The summed E-state index contributed by atoms with van der Waals surface area (Å²) in [6.45, 7) is 8.60. The van der Waals surface area contributed by atoms with Crippen molar-refractivity contribution in [1.29, 1.82) is 0 Å². The summed E-state index contributed by atoms with van der Waals surface area (Å²) in [5, 5.41) is 0. The third-order valence-electron chi connectivity index (χ3n) is 3.63. The zero-order chi connectivity index (χ0) is 17.8. The maximum Gasteiger partial charge on any atom is 0.231 e. The molecule has 0 unspecified atom stereocenters. The number of benzene rings is 2. The molecule has 0 saturated carbocycles. The first kappa shape index (κ1) is 16.8. The molecule has 0 aromatic heterocycles. The van der Waals surface area contributed by atoms with Crippen molar-refractivity contribution in [2.45, 2.75) is 13.8 Å². The van der Waals surface area contributed by atoms with Crippen LogP contribution in [0.15, 0.2) is 60.4 Å². The standard InChI is InChI=1S/C21H20O4/c1-4-23-18-8-6-5-7-15(18)11-20-21(22)17-10-9-16(12-19(17)25-20)24-13-14(2)3/h5-12H,2,4,13H2,1,3H3. The number of para-hydroxylation sites is 1. The van der Waals surface area contributed by atoms with E-state index >= 15 is 0 Å². The van der Waals surface area contributed by atoms with E-state index in [4.69, 9.17) is 14.2 Å². The van der Waals surface area contributed by atoms with Crippen LogP contribution >= 0.6 is 0 Å². The summed E-state index contributed by atoms with van der Waals surface area (Å²) in [6, 6.07) is 12.8. The fourth-order valence-electron chi connectivity index (χ4n) is 2.49. The molecular formula is C21H20O4. The van der Waals surface area contributed by atoms with Crippen molar-refractivity contribution < 1.29 is 19.0 Å². The van der Waals surface area contributed by atoms with E-state index in [0.717, 1.165) is 16.9 Å². The minimum atomic E-state index is -0.146. The van der Waals surface area contributed by atoms with Crippen molar-refractivity contribution in [2.75, 3.05) is 13.2 Å². The fourth-order valence-corrected chi connectivity index (χ4v) is 2.49. The van der Waals surface area contributed by atoms with E-state index in [0.29, 0.717) is 30.3 Å². The van der Waals surface area contributed by atoms with E-state index in [1.54, 1.807) is 24.3 Å².